The molecule has 0 unspecified atom stereocenters. The Kier molecular flexibility index (Phi) is 4.12. The van der Waals surface area contributed by atoms with Crippen molar-refractivity contribution in [3.05, 3.63) is 41.6 Å². The van der Waals surface area contributed by atoms with Crippen LogP contribution in [-0.2, 0) is 16.1 Å². The summed E-state index contributed by atoms with van der Waals surface area (Å²) in [5.41, 5.74) is 3.12. The van der Waals surface area contributed by atoms with Gasteiger partial charge in [0.25, 0.3) is 0 Å². The van der Waals surface area contributed by atoms with Crippen LogP contribution in [0.15, 0.2) is 30.3 Å². The number of methoxy groups -OCH3 is 1. The van der Waals surface area contributed by atoms with Crippen LogP contribution in [0.2, 0.25) is 0 Å². The molecule has 4 heteroatoms. The molecule has 0 radical (unpaired) electrons. The molecule has 2 rings (SSSR count). The Hall–Kier alpha value is -1.94. The standard InChI is InChI=1S/C15H18N2O2/c1-10-4-6-13-8-12(5-7-14(13)17-10)9-16-11(2)15(18)19-3/h4-8,11,16H,9H2,1-3H3/t11-/m0/s1. The van der Waals surface area contributed by atoms with Crippen molar-refractivity contribution in [2.75, 3.05) is 7.11 Å². The lowest BCUT2D eigenvalue weighted by atomic mass is 10.1. The van der Waals surface area contributed by atoms with Crippen LogP contribution in [0.25, 0.3) is 10.9 Å². The zero-order valence-electron chi connectivity index (χ0n) is 11.4. The fourth-order valence-corrected chi connectivity index (χ4v) is 1.92. The van der Waals surface area contributed by atoms with Gasteiger partial charge in [0.1, 0.15) is 6.04 Å². The molecule has 0 amide bonds. The summed E-state index contributed by atoms with van der Waals surface area (Å²) in [7, 11) is 1.39. The highest BCUT2D eigenvalue weighted by Crippen LogP contribution is 2.14. The minimum Gasteiger partial charge on any atom is -0.468 e. The van der Waals surface area contributed by atoms with Crippen molar-refractivity contribution in [2.45, 2.75) is 26.4 Å². The van der Waals surface area contributed by atoms with Gasteiger partial charge in [0.05, 0.1) is 12.6 Å². The van der Waals surface area contributed by atoms with Crippen LogP contribution in [0.5, 0.6) is 0 Å². The molecule has 1 aromatic carbocycles. The van der Waals surface area contributed by atoms with Gasteiger partial charge in [-0.3, -0.25) is 9.78 Å². The van der Waals surface area contributed by atoms with Gasteiger partial charge in [-0.15, -0.1) is 0 Å². The van der Waals surface area contributed by atoms with Crippen molar-refractivity contribution in [2.24, 2.45) is 0 Å². The zero-order valence-corrected chi connectivity index (χ0v) is 11.4. The highest BCUT2D eigenvalue weighted by atomic mass is 16.5. The summed E-state index contributed by atoms with van der Waals surface area (Å²) in [6.45, 7) is 4.39. The second-order valence-electron chi connectivity index (χ2n) is 4.61. The van der Waals surface area contributed by atoms with E-state index in [0.717, 1.165) is 22.2 Å². The number of benzene rings is 1. The van der Waals surface area contributed by atoms with Crippen LogP contribution in [0.4, 0.5) is 0 Å². The van der Waals surface area contributed by atoms with E-state index in [-0.39, 0.29) is 12.0 Å². The number of esters is 1. The predicted molar refractivity (Wildman–Crippen MR) is 74.8 cm³/mol. The number of hydrogen-bond donors (Lipinski definition) is 1. The molecule has 2 aromatic rings. The minimum absolute atomic E-state index is 0.252. The van der Waals surface area contributed by atoms with E-state index in [1.165, 1.54) is 7.11 Å². The molecule has 0 aliphatic carbocycles. The first kappa shape index (κ1) is 13.5. The molecule has 4 nitrogen and oxygen atoms in total. The smallest absolute Gasteiger partial charge is 0.322 e. The van der Waals surface area contributed by atoms with Crippen LogP contribution in [0, 0.1) is 6.92 Å². The molecular formula is C15H18N2O2. The zero-order chi connectivity index (χ0) is 13.8. The highest BCUT2D eigenvalue weighted by molar-refractivity contribution is 5.79. The molecule has 19 heavy (non-hydrogen) atoms. The normalized spacial score (nSPS) is 12.4. The Bertz CT molecular complexity index is 596. The van der Waals surface area contributed by atoms with E-state index < -0.39 is 0 Å². The number of carbonyl (C=O) groups excluding carboxylic acids is 1. The van der Waals surface area contributed by atoms with Gasteiger partial charge in [0.15, 0.2) is 0 Å². The topological polar surface area (TPSA) is 51.2 Å². The van der Waals surface area contributed by atoms with E-state index in [9.17, 15) is 4.79 Å². The molecule has 1 N–H and O–H groups in total. The Morgan fingerprint density at radius 2 is 2.16 bits per heavy atom. The van der Waals surface area contributed by atoms with Crippen LogP contribution in [0.3, 0.4) is 0 Å². The van der Waals surface area contributed by atoms with E-state index in [1.807, 2.05) is 25.1 Å². The molecule has 100 valence electrons. The van der Waals surface area contributed by atoms with Crippen molar-refractivity contribution >= 4 is 16.9 Å². The highest BCUT2D eigenvalue weighted by Gasteiger charge is 2.11. The maximum Gasteiger partial charge on any atom is 0.322 e. The van der Waals surface area contributed by atoms with Crippen molar-refractivity contribution in [1.82, 2.24) is 10.3 Å². The molecule has 0 fully saturated rings. The summed E-state index contributed by atoms with van der Waals surface area (Å²) in [4.78, 5) is 15.7. The summed E-state index contributed by atoms with van der Waals surface area (Å²) in [5.74, 6) is -0.252. The van der Waals surface area contributed by atoms with Gasteiger partial charge in [-0.2, -0.15) is 0 Å². The first-order valence-electron chi connectivity index (χ1n) is 6.27. The van der Waals surface area contributed by atoms with Gasteiger partial charge in [0.2, 0.25) is 0 Å². The fraction of sp³-hybridized carbons (Fsp3) is 0.333. The molecule has 0 saturated heterocycles. The molecule has 1 aromatic heterocycles. The third-order valence-corrected chi connectivity index (χ3v) is 3.06. The van der Waals surface area contributed by atoms with Gasteiger partial charge >= 0.3 is 5.97 Å². The van der Waals surface area contributed by atoms with Gasteiger partial charge < -0.3 is 10.1 Å². The molecular weight excluding hydrogens is 240 g/mol. The molecule has 0 aliphatic heterocycles. The Labute approximate surface area is 112 Å². The lowest BCUT2D eigenvalue weighted by molar-refractivity contribution is -0.142. The number of nitrogens with one attached hydrogen (secondary N) is 1. The van der Waals surface area contributed by atoms with E-state index in [1.54, 1.807) is 6.92 Å². The van der Waals surface area contributed by atoms with Gasteiger partial charge in [0, 0.05) is 17.6 Å². The first-order valence-corrected chi connectivity index (χ1v) is 6.27. The average Bonchev–Trinajstić information content (AvgIpc) is 2.43. The minimum atomic E-state index is -0.308. The Morgan fingerprint density at radius 1 is 1.37 bits per heavy atom. The van der Waals surface area contributed by atoms with Gasteiger partial charge in [-0.25, -0.2) is 0 Å². The van der Waals surface area contributed by atoms with Crippen molar-refractivity contribution in [1.29, 1.82) is 0 Å². The largest absolute Gasteiger partial charge is 0.468 e. The Balaban J connectivity index is 2.09. The summed E-state index contributed by atoms with van der Waals surface area (Å²) in [5, 5.41) is 4.24. The van der Waals surface area contributed by atoms with Crippen LogP contribution in [-0.4, -0.2) is 24.1 Å². The van der Waals surface area contributed by atoms with E-state index in [4.69, 9.17) is 0 Å². The van der Waals surface area contributed by atoms with Crippen molar-refractivity contribution in [3.8, 4) is 0 Å². The molecule has 1 atom stereocenters. The number of ether oxygens (including phenoxy) is 1. The maximum absolute atomic E-state index is 11.3. The quantitative estimate of drug-likeness (QED) is 0.854. The van der Waals surface area contributed by atoms with Crippen LogP contribution < -0.4 is 5.32 Å². The third-order valence-electron chi connectivity index (χ3n) is 3.06. The lowest BCUT2D eigenvalue weighted by Crippen LogP contribution is -2.34. The number of carbonyl (C=O) groups is 1. The molecule has 1 heterocycles. The summed E-state index contributed by atoms with van der Waals surface area (Å²) in [6, 6.07) is 9.85. The molecule has 0 spiro atoms. The van der Waals surface area contributed by atoms with Gasteiger partial charge in [-0.05, 0) is 37.6 Å². The number of rotatable bonds is 4. The SMILES string of the molecule is COC(=O)[C@H](C)NCc1ccc2nc(C)ccc2c1. The van der Waals surface area contributed by atoms with Crippen molar-refractivity contribution in [3.63, 3.8) is 0 Å². The van der Waals surface area contributed by atoms with Crippen LogP contribution >= 0.6 is 0 Å². The maximum atomic E-state index is 11.3. The van der Waals surface area contributed by atoms with Gasteiger partial charge in [-0.1, -0.05) is 12.1 Å². The number of nitrogens with zero attached hydrogens (tertiary/aromatic N) is 1. The molecule has 0 aliphatic rings. The van der Waals surface area contributed by atoms with E-state index in [0.29, 0.717) is 6.54 Å². The molecule has 0 bridgehead atoms. The number of fused-ring (bicyclic) bond motifs is 1. The second-order valence-corrected chi connectivity index (χ2v) is 4.61. The van der Waals surface area contributed by atoms with E-state index in [2.05, 4.69) is 27.2 Å². The monoisotopic (exact) mass is 258 g/mol. The summed E-state index contributed by atoms with van der Waals surface area (Å²) >= 11 is 0. The summed E-state index contributed by atoms with van der Waals surface area (Å²) < 4.78 is 4.67. The van der Waals surface area contributed by atoms with Crippen LogP contribution in [0.1, 0.15) is 18.2 Å². The number of aromatic nitrogens is 1. The van der Waals surface area contributed by atoms with E-state index >= 15 is 0 Å². The third kappa shape index (κ3) is 3.29. The van der Waals surface area contributed by atoms with Crippen molar-refractivity contribution < 1.29 is 9.53 Å². The second kappa shape index (κ2) is 5.80. The molecule has 0 saturated carbocycles. The lowest BCUT2D eigenvalue weighted by Gasteiger charge is -2.11. The average molecular weight is 258 g/mol. The predicted octanol–water partition coefficient (Wildman–Crippen LogP) is 2.19. The number of pyridine rings is 1. The summed E-state index contributed by atoms with van der Waals surface area (Å²) in [6.07, 6.45) is 0. The number of aryl methyl sites for hydroxylation is 1. The number of hydrogen-bond acceptors (Lipinski definition) is 4. The Morgan fingerprint density at radius 3 is 2.89 bits per heavy atom. The first-order chi connectivity index (χ1) is 9.10. The fourth-order valence-electron chi connectivity index (χ4n) is 1.92.